The highest BCUT2D eigenvalue weighted by atomic mass is 16.3. The van der Waals surface area contributed by atoms with E-state index in [1.807, 2.05) is 0 Å². The lowest BCUT2D eigenvalue weighted by molar-refractivity contribution is 0.474. The van der Waals surface area contributed by atoms with Crippen LogP contribution in [-0.2, 0) is 0 Å². The van der Waals surface area contributed by atoms with Gasteiger partial charge in [0.1, 0.15) is 11.5 Å². The van der Waals surface area contributed by atoms with Crippen molar-refractivity contribution in [1.82, 2.24) is 0 Å². The van der Waals surface area contributed by atoms with Crippen LogP contribution in [0.2, 0.25) is 0 Å². The molecule has 2 rings (SSSR count). The zero-order valence-electron chi connectivity index (χ0n) is 10.2. The molecule has 0 bridgehead atoms. The molecule has 0 aliphatic carbocycles. The van der Waals surface area contributed by atoms with Gasteiger partial charge in [0.25, 0.3) is 0 Å². The Balaban J connectivity index is 2.80. The van der Waals surface area contributed by atoms with Gasteiger partial charge in [-0.05, 0) is 38.1 Å². The maximum Gasteiger partial charge on any atom is 0.139 e. The molecule has 18 heavy (non-hydrogen) atoms. The summed E-state index contributed by atoms with van der Waals surface area (Å²) in [6.45, 7) is 3.42. The Bertz CT molecular complexity index is 669. The van der Waals surface area contributed by atoms with Gasteiger partial charge < -0.3 is 10.2 Å². The summed E-state index contributed by atoms with van der Waals surface area (Å²) < 4.78 is 0. The van der Waals surface area contributed by atoms with Crippen molar-refractivity contribution < 1.29 is 10.2 Å². The van der Waals surface area contributed by atoms with Crippen LogP contribution in [0.3, 0.4) is 0 Å². The first-order valence-electron chi connectivity index (χ1n) is 5.52. The summed E-state index contributed by atoms with van der Waals surface area (Å²) in [6, 6.07) is 6.86. The van der Waals surface area contributed by atoms with Crippen molar-refractivity contribution in [3.05, 3.63) is 35.4 Å². The molecule has 0 aliphatic heterocycles. The van der Waals surface area contributed by atoms with Crippen LogP contribution in [0.1, 0.15) is 25.0 Å². The summed E-state index contributed by atoms with van der Waals surface area (Å²) in [5.41, 5.74) is 1.11. The molecule has 0 atom stereocenters. The number of fused-ring (bicyclic) bond motifs is 1. The van der Waals surface area contributed by atoms with Crippen molar-refractivity contribution in [3.8, 4) is 35.2 Å². The molecule has 2 heteroatoms. The van der Waals surface area contributed by atoms with Crippen LogP contribution in [0.5, 0.6) is 11.5 Å². The normalized spacial score (nSPS) is 9.22. The molecule has 2 N–H and O–H groups in total. The Hall–Kier alpha value is -2.58. The van der Waals surface area contributed by atoms with E-state index < -0.39 is 0 Å². The monoisotopic (exact) mass is 236 g/mol. The topological polar surface area (TPSA) is 40.5 Å². The zero-order chi connectivity index (χ0) is 13.1. The Kier molecular flexibility index (Phi) is 3.13. The fourth-order valence-corrected chi connectivity index (χ4v) is 1.84. The first-order chi connectivity index (χ1) is 8.69. The SMILES string of the molecule is CC#Cc1ccc2c(O)c(C#CC)ccc2c1O. The maximum absolute atomic E-state index is 10.1. The second-order valence-corrected chi connectivity index (χ2v) is 3.77. The second-order valence-electron chi connectivity index (χ2n) is 3.77. The number of hydrogen-bond acceptors (Lipinski definition) is 2. The summed E-state index contributed by atoms with van der Waals surface area (Å²) in [5.74, 6) is 11.3. The van der Waals surface area contributed by atoms with Crippen LogP contribution in [0, 0.1) is 23.7 Å². The third-order valence-electron chi connectivity index (χ3n) is 2.66. The lowest BCUT2D eigenvalue weighted by Crippen LogP contribution is -1.84. The van der Waals surface area contributed by atoms with Gasteiger partial charge in [-0.1, -0.05) is 11.8 Å². The third-order valence-corrected chi connectivity index (χ3v) is 2.66. The van der Waals surface area contributed by atoms with Crippen LogP contribution < -0.4 is 0 Å². The Morgan fingerprint density at radius 3 is 1.44 bits per heavy atom. The fourth-order valence-electron chi connectivity index (χ4n) is 1.84. The van der Waals surface area contributed by atoms with Gasteiger partial charge in [0, 0.05) is 10.8 Å². The molecule has 88 valence electrons. The largest absolute Gasteiger partial charge is 0.506 e. The Labute approximate surface area is 106 Å². The molecule has 2 aromatic carbocycles. The molecule has 0 radical (unpaired) electrons. The molecule has 0 heterocycles. The minimum Gasteiger partial charge on any atom is -0.506 e. The van der Waals surface area contributed by atoms with E-state index in [1.54, 1.807) is 38.1 Å². The highest BCUT2D eigenvalue weighted by molar-refractivity contribution is 5.96. The molecular weight excluding hydrogens is 224 g/mol. The van der Waals surface area contributed by atoms with Gasteiger partial charge in [-0.2, -0.15) is 0 Å². The summed E-state index contributed by atoms with van der Waals surface area (Å²) in [5, 5.41) is 21.3. The third kappa shape index (κ3) is 1.85. The first kappa shape index (κ1) is 11.9. The quantitative estimate of drug-likeness (QED) is 0.690. The van der Waals surface area contributed by atoms with E-state index >= 15 is 0 Å². The van der Waals surface area contributed by atoms with Gasteiger partial charge in [0.2, 0.25) is 0 Å². The zero-order valence-corrected chi connectivity index (χ0v) is 10.2. The molecule has 0 aromatic heterocycles. The molecule has 0 spiro atoms. The number of phenols is 2. The molecule has 0 amide bonds. The van der Waals surface area contributed by atoms with E-state index in [2.05, 4.69) is 23.7 Å². The van der Waals surface area contributed by atoms with Crippen LogP contribution in [0.15, 0.2) is 24.3 Å². The van der Waals surface area contributed by atoms with Crippen LogP contribution in [0.4, 0.5) is 0 Å². The number of benzene rings is 2. The molecular formula is C16H12O2. The number of hydrogen-bond donors (Lipinski definition) is 2. The van der Waals surface area contributed by atoms with Crippen molar-refractivity contribution >= 4 is 10.8 Å². The summed E-state index contributed by atoms with van der Waals surface area (Å²) in [7, 11) is 0. The minimum absolute atomic E-state index is 0.0909. The average Bonchev–Trinajstić information content (AvgIpc) is 2.37. The fraction of sp³-hybridized carbons (Fsp3) is 0.125. The number of rotatable bonds is 0. The van der Waals surface area contributed by atoms with Crippen molar-refractivity contribution in [2.45, 2.75) is 13.8 Å². The smallest absolute Gasteiger partial charge is 0.139 e. The Morgan fingerprint density at radius 2 is 1.11 bits per heavy atom. The van der Waals surface area contributed by atoms with Gasteiger partial charge in [-0.3, -0.25) is 0 Å². The van der Waals surface area contributed by atoms with Gasteiger partial charge in [-0.25, -0.2) is 0 Å². The summed E-state index contributed by atoms with van der Waals surface area (Å²) >= 11 is 0. The highest BCUT2D eigenvalue weighted by Gasteiger charge is 2.10. The first-order valence-corrected chi connectivity index (χ1v) is 5.52. The van der Waals surface area contributed by atoms with E-state index in [1.165, 1.54) is 0 Å². The predicted molar refractivity (Wildman–Crippen MR) is 72.4 cm³/mol. The molecule has 0 aliphatic rings. The van der Waals surface area contributed by atoms with Crippen molar-refractivity contribution in [1.29, 1.82) is 0 Å². The van der Waals surface area contributed by atoms with E-state index in [9.17, 15) is 10.2 Å². The molecule has 2 aromatic rings. The van der Waals surface area contributed by atoms with Gasteiger partial charge in [-0.15, -0.1) is 11.8 Å². The lowest BCUT2D eigenvalue weighted by atomic mass is 10.0. The van der Waals surface area contributed by atoms with Crippen LogP contribution in [-0.4, -0.2) is 10.2 Å². The van der Waals surface area contributed by atoms with Crippen molar-refractivity contribution in [2.75, 3.05) is 0 Å². The average molecular weight is 236 g/mol. The van der Waals surface area contributed by atoms with Crippen molar-refractivity contribution in [3.63, 3.8) is 0 Å². The standard InChI is InChI=1S/C16H12O2/c1-3-5-11-7-9-14-13(15(11)17)10-8-12(6-4-2)16(14)18/h7-10,17-18H,1-2H3. The lowest BCUT2D eigenvalue weighted by Gasteiger charge is -2.06. The number of phenolic OH excluding ortho intramolecular Hbond substituents is 2. The van der Waals surface area contributed by atoms with E-state index in [0.717, 1.165) is 0 Å². The van der Waals surface area contributed by atoms with Crippen LogP contribution >= 0.6 is 0 Å². The molecule has 0 saturated heterocycles. The molecule has 0 fully saturated rings. The predicted octanol–water partition coefficient (Wildman–Crippen LogP) is 2.99. The molecule has 2 nitrogen and oxygen atoms in total. The maximum atomic E-state index is 10.1. The van der Waals surface area contributed by atoms with E-state index in [0.29, 0.717) is 21.9 Å². The summed E-state index contributed by atoms with van der Waals surface area (Å²) in [6.07, 6.45) is 0. The molecule has 0 saturated carbocycles. The van der Waals surface area contributed by atoms with Gasteiger partial charge in [0.05, 0.1) is 11.1 Å². The van der Waals surface area contributed by atoms with Crippen LogP contribution in [0.25, 0.3) is 10.8 Å². The van der Waals surface area contributed by atoms with E-state index in [4.69, 9.17) is 0 Å². The Morgan fingerprint density at radius 1 is 0.722 bits per heavy atom. The van der Waals surface area contributed by atoms with E-state index in [-0.39, 0.29) is 11.5 Å². The number of aromatic hydroxyl groups is 2. The van der Waals surface area contributed by atoms with Crippen molar-refractivity contribution in [2.24, 2.45) is 0 Å². The molecule has 0 unspecified atom stereocenters. The van der Waals surface area contributed by atoms with Gasteiger partial charge >= 0.3 is 0 Å². The highest BCUT2D eigenvalue weighted by Crippen LogP contribution is 2.35. The summed E-state index contributed by atoms with van der Waals surface area (Å²) in [4.78, 5) is 0. The minimum atomic E-state index is 0.0909. The second kappa shape index (κ2) is 4.73. The van der Waals surface area contributed by atoms with Gasteiger partial charge in [0.15, 0.2) is 0 Å².